The molecule has 12 heteroatoms. The summed E-state index contributed by atoms with van der Waals surface area (Å²) in [6.45, 7) is 19.4. The van der Waals surface area contributed by atoms with Crippen molar-refractivity contribution >= 4 is 24.2 Å². The van der Waals surface area contributed by atoms with Crippen LogP contribution in [0.15, 0.2) is 0 Å². The van der Waals surface area contributed by atoms with Crippen molar-refractivity contribution in [2.24, 2.45) is 0 Å². The van der Waals surface area contributed by atoms with E-state index in [9.17, 15) is 9.59 Å². The Morgan fingerprint density at radius 3 is 0.756 bits per heavy atom. The molecule has 0 aromatic heterocycles. The zero-order chi connectivity index (χ0) is 32.4. The summed E-state index contributed by atoms with van der Waals surface area (Å²) in [5.74, 6) is -0.912. The number of rotatable bonds is 3. The lowest BCUT2D eigenvalue weighted by Gasteiger charge is -1.80. The van der Waals surface area contributed by atoms with Gasteiger partial charge in [0, 0.05) is 58.4 Å². The molecule has 0 saturated carbocycles. The molecule has 0 aromatic rings. The first-order valence-electron chi connectivity index (χ1n) is 11.0. The van der Waals surface area contributed by atoms with Gasteiger partial charge in [-0.2, -0.15) is 0 Å². The minimum Gasteiger partial charge on any atom is -0.481 e. The Labute approximate surface area is 262 Å². The second-order valence-electron chi connectivity index (χ2n) is 4.11. The number of carboxylic acid groups (broad SMARTS) is 1. The van der Waals surface area contributed by atoms with Crippen molar-refractivity contribution in [1.29, 1.82) is 0 Å². The van der Waals surface area contributed by atoms with E-state index in [-0.39, 0.29) is 51.7 Å². The Hall–Kier alpha value is -2.12. The molecule has 0 radical (unpaired) electrons. The van der Waals surface area contributed by atoms with E-state index >= 15 is 0 Å². The molecule has 12 nitrogen and oxygen atoms in total. The molecule has 0 heterocycles. The number of carbonyl (C=O) groups excluding carboxylic acids is 3. The van der Waals surface area contributed by atoms with Gasteiger partial charge in [-0.05, 0) is 41.8 Å². The minimum atomic E-state index is -0.833. The molecular formula is C29H87NO11. The highest BCUT2D eigenvalue weighted by atomic mass is 16.5. The molecule has 0 aliphatic carbocycles. The minimum absolute atomic E-state index is 0. The van der Waals surface area contributed by atoms with Gasteiger partial charge in [0.15, 0.2) is 0 Å². The second kappa shape index (κ2) is 233. The van der Waals surface area contributed by atoms with Crippen LogP contribution in [0.25, 0.3) is 0 Å². The number of carbonyl (C=O) groups is 4. The van der Waals surface area contributed by atoms with Crippen molar-refractivity contribution in [2.45, 2.75) is 106 Å². The molecule has 0 rings (SSSR count). The Balaban J connectivity index is -0.00000000996. The van der Waals surface area contributed by atoms with Gasteiger partial charge in [0.2, 0.25) is 0 Å². The smallest absolute Gasteiger partial charge is 0.302 e. The normalized spacial score (nSPS) is 5.07. The van der Waals surface area contributed by atoms with Crippen molar-refractivity contribution in [3.63, 3.8) is 0 Å². The number of hydrogen-bond donors (Lipinski definition) is 4. The number of ether oxygens (including phenoxy) is 4. The van der Waals surface area contributed by atoms with Gasteiger partial charge in [-0.15, -0.1) is 0 Å². The average molecular weight is 626 g/mol. The lowest BCUT2D eigenvalue weighted by molar-refractivity contribution is -0.138. The number of esters is 1. The van der Waals surface area contributed by atoms with Crippen LogP contribution in [-0.4, -0.2) is 109 Å². The Bertz CT molecular complexity index is 280. The van der Waals surface area contributed by atoms with Crippen LogP contribution in [0, 0.1) is 0 Å². The molecule has 4 N–H and O–H groups in total. The third-order valence-corrected chi connectivity index (χ3v) is 0.961. The van der Waals surface area contributed by atoms with Crippen LogP contribution < -0.4 is 5.32 Å². The second-order valence-corrected chi connectivity index (χ2v) is 4.11. The molecule has 0 amide bonds. The fourth-order valence-electron chi connectivity index (χ4n) is 0. The number of carboxylic acids is 1. The summed E-state index contributed by atoms with van der Waals surface area (Å²) in [6, 6.07) is 0. The third kappa shape index (κ3) is 5880. The molecule has 0 aliphatic rings. The highest BCUT2D eigenvalue weighted by Crippen LogP contribution is 1.60. The van der Waals surface area contributed by atoms with Gasteiger partial charge in [-0.25, -0.2) is 0 Å². The topological polar surface area (TPSA) is 178 Å². The maximum absolute atomic E-state index is 9.59. The van der Waals surface area contributed by atoms with Crippen molar-refractivity contribution in [3.8, 4) is 0 Å². The van der Waals surface area contributed by atoms with Crippen LogP contribution in [0.4, 0.5) is 0 Å². The molecule has 0 aliphatic heterocycles. The summed E-state index contributed by atoms with van der Waals surface area (Å²) >= 11 is 0. The third-order valence-electron chi connectivity index (χ3n) is 0.961. The summed E-state index contributed by atoms with van der Waals surface area (Å²) in [4.78, 5) is 37.0. The first-order valence-corrected chi connectivity index (χ1v) is 11.0. The van der Waals surface area contributed by atoms with Gasteiger partial charge in [-0.1, -0.05) is 64.8 Å². The summed E-state index contributed by atoms with van der Waals surface area (Å²) in [6.07, 6.45) is 0. The van der Waals surface area contributed by atoms with Gasteiger partial charge < -0.3 is 44.4 Å². The first-order chi connectivity index (χ1) is 16.9. The summed E-state index contributed by atoms with van der Waals surface area (Å²) in [5.41, 5.74) is 0. The molecule has 0 atom stereocenters. The van der Waals surface area contributed by atoms with E-state index in [4.69, 9.17) is 24.9 Å². The molecule has 0 unspecified atom stereocenters. The van der Waals surface area contributed by atoms with Crippen LogP contribution >= 0.6 is 0 Å². The number of hydrogen-bond acceptors (Lipinski definition) is 11. The summed E-state index contributed by atoms with van der Waals surface area (Å²) < 4.78 is 17.1. The van der Waals surface area contributed by atoms with Crippen molar-refractivity contribution in [2.75, 3.05) is 70.0 Å². The van der Waals surface area contributed by atoms with E-state index in [1.165, 1.54) is 35.0 Å². The molecule has 0 aromatic carbocycles. The standard InChI is InChI=1S/C3H6O2.2C3H8O.C3H6O.C2H7N.2C2H4O2.2C2H6.2CH4O.5CH4.2H2/c1-3(4)5-2;2*1-3-4-2;1-3(2)4;1-3-2;1-4-2-3;1-2(3)4;4*1-2;;;;;;;/h1-2H3;2*3H2,1-2H3;1-2H3;3H,1-2H3;2H,1H3;1H3,(H,3,4);2*1-2H3;2*2H,1H3;5*1H4;2*1H. The first kappa shape index (κ1) is 107. The van der Waals surface area contributed by atoms with Crippen molar-refractivity contribution in [3.05, 3.63) is 0 Å². The number of Topliss-reactive ketones (excluding diaryl/α,β-unsaturated/α-hetero) is 1. The van der Waals surface area contributed by atoms with Gasteiger partial charge in [-0.3, -0.25) is 14.4 Å². The lowest BCUT2D eigenvalue weighted by Crippen LogP contribution is -1.89. The quantitative estimate of drug-likeness (QED) is 0.192. The predicted molar refractivity (Wildman–Crippen MR) is 187 cm³/mol. The van der Waals surface area contributed by atoms with Crippen LogP contribution in [-0.2, 0) is 38.1 Å². The highest BCUT2D eigenvalue weighted by Gasteiger charge is 1.75. The van der Waals surface area contributed by atoms with E-state index in [2.05, 4.69) is 24.3 Å². The number of methoxy groups -OCH3 is 4. The van der Waals surface area contributed by atoms with Crippen LogP contribution in [0.3, 0.4) is 0 Å². The SMILES string of the molecule is C.C.C.C.C.CC.CC.CC(=O)O.CC(C)=O.CCOC.CCOC.CNC.CO.CO.COC(C)=O.COC=O.[HH].[HH]. The maximum atomic E-state index is 9.59. The molecule has 0 bridgehead atoms. The van der Waals surface area contributed by atoms with E-state index in [1.54, 1.807) is 14.2 Å². The Morgan fingerprint density at radius 1 is 0.683 bits per heavy atom. The molecular weight excluding hydrogens is 538 g/mol. The van der Waals surface area contributed by atoms with E-state index in [0.29, 0.717) is 6.47 Å². The van der Waals surface area contributed by atoms with E-state index < -0.39 is 5.97 Å². The lowest BCUT2D eigenvalue weighted by atomic mass is 10.6. The van der Waals surface area contributed by atoms with Crippen LogP contribution in [0.1, 0.15) is 109 Å². The highest BCUT2D eigenvalue weighted by molar-refractivity contribution is 5.72. The average Bonchev–Trinajstić information content (AvgIpc) is 2.89. The van der Waals surface area contributed by atoms with Crippen LogP contribution in [0.5, 0.6) is 0 Å². The van der Waals surface area contributed by atoms with Crippen molar-refractivity contribution < 1.29 is 56.3 Å². The number of nitrogens with one attached hydrogen (secondary N) is 1. The largest absolute Gasteiger partial charge is 0.481 e. The molecule has 41 heavy (non-hydrogen) atoms. The summed E-state index contributed by atoms with van der Waals surface area (Å²) in [5, 5.41) is 24.2. The fourth-order valence-corrected chi connectivity index (χ4v) is 0. The van der Waals surface area contributed by atoms with Crippen LogP contribution in [0.2, 0.25) is 0 Å². The Kier molecular flexibility index (Phi) is 605. The van der Waals surface area contributed by atoms with Gasteiger partial charge in [0.05, 0.1) is 14.2 Å². The predicted octanol–water partition coefficient (Wildman–Crippen LogP) is 6.74. The van der Waals surface area contributed by atoms with Gasteiger partial charge in [0.1, 0.15) is 5.78 Å². The summed E-state index contributed by atoms with van der Waals surface area (Å²) in [7, 11) is 11.8. The zero-order valence-corrected chi connectivity index (χ0v) is 26.6. The maximum Gasteiger partial charge on any atom is 0.302 e. The monoisotopic (exact) mass is 626 g/mol. The van der Waals surface area contributed by atoms with Crippen molar-refractivity contribution in [1.82, 2.24) is 5.32 Å². The number of aliphatic carboxylic acids is 1. The van der Waals surface area contributed by atoms with E-state index in [0.717, 1.165) is 34.4 Å². The number of aliphatic hydroxyl groups excluding tert-OH is 2. The van der Waals surface area contributed by atoms with Gasteiger partial charge >= 0.3 is 5.97 Å². The molecule has 274 valence electrons. The fraction of sp³-hybridized carbons (Fsp3) is 0.862. The number of ketones is 1. The molecule has 0 fully saturated rings. The molecule has 0 spiro atoms. The van der Waals surface area contributed by atoms with Gasteiger partial charge in [0.25, 0.3) is 12.4 Å². The molecule has 0 saturated heterocycles. The zero-order valence-electron chi connectivity index (χ0n) is 26.6. The number of aliphatic hydroxyl groups is 2. The van der Waals surface area contributed by atoms with E-state index in [1.807, 2.05) is 55.6 Å². The Morgan fingerprint density at radius 2 is 0.756 bits per heavy atom.